The molecule has 1 saturated heterocycles. The molecule has 0 spiro atoms. The van der Waals surface area contributed by atoms with Gasteiger partial charge in [0.25, 0.3) is 0 Å². The zero-order chi connectivity index (χ0) is 10.5. The Morgan fingerprint density at radius 3 is 3.27 bits per heavy atom. The third-order valence-corrected chi connectivity index (χ3v) is 3.76. The first kappa shape index (κ1) is 10.6. The van der Waals surface area contributed by atoms with E-state index in [1.807, 2.05) is 23.9 Å². The van der Waals surface area contributed by atoms with Gasteiger partial charge >= 0.3 is 0 Å². The second-order valence-electron chi connectivity index (χ2n) is 3.71. The highest BCUT2D eigenvalue weighted by atomic mass is 32.2. The lowest BCUT2D eigenvalue weighted by Crippen LogP contribution is -2.33. The molecular weight excluding hydrogens is 210 g/mol. The Labute approximate surface area is 93.6 Å². The van der Waals surface area contributed by atoms with Crippen LogP contribution in [0.2, 0.25) is 0 Å². The summed E-state index contributed by atoms with van der Waals surface area (Å²) < 4.78 is 5.15. The van der Waals surface area contributed by atoms with Crippen LogP contribution in [0.1, 0.15) is 18.6 Å². The molecular formula is C11H15NO2S. The lowest BCUT2D eigenvalue weighted by molar-refractivity contribution is -0.124. The number of hydrogen-bond acceptors (Lipinski definition) is 3. The summed E-state index contributed by atoms with van der Waals surface area (Å²) in [5.41, 5.74) is 0. The van der Waals surface area contributed by atoms with Crippen LogP contribution in [0.3, 0.4) is 0 Å². The van der Waals surface area contributed by atoms with E-state index in [2.05, 4.69) is 5.32 Å². The number of carbonyl (C=O) groups excluding carboxylic acids is 1. The molecule has 2 rings (SSSR count). The fourth-order valence-corrected chi connectivity index (χ4v) is 2.82. The maximum absolute atomic E-state index is 11.7. The molecule has 1 atom stereocenters. The van der Waals surface area contributed by atoms with Crippen LogP contribution in [0.4, 0.5) is 0 Å². The Morgan fingerprint density at radius 2 is 2.60 bits per heavy atom. The number of hydrogen-bond donors (Lipinski definition) is 1. The molecule has 1 unspecified atom stereocenters. The molecule has 1 amide bonds. The van der Waals surface area contributed by atoms with Gasteiger partial charge in [0.2, 0.25) is 5.91 Å². The van der Waals surface area contributed by atoms with Gasteiger partial charge in [-0.15, -0.1) is 0 Å². The van der Waals surface area contributed by atoms with E-state index in [1.54, 1.807) is 6.26 Å². The van der Waals surface area contributed by atoms with Crippen LogP contribution in [0.25, 0.3) is 0 Å². The average Bonchev–Trinajstić information content (AvgIpc) is 2.80. The van der Waals surface area contributed by atoms with Gasteiger partial charge in [0.05, 0.1) is 12.8 Å². The minimum atomic E-state index is 0.165. The topological polar surface area (TPSA) is 42.2 Å². The van der Waals surface area contributed by atoms with Crippen molar-refractivity contribution in [3.05, 3.63) is 24.2 Å². The lowest BCUT2D eigenvalue weighted by Gasteiger charge is -2.20. The third kappa shape index (κ3) is 3.02. The van der Waals surface area contributed by atoms with Gasteiger partial charge in [-0.25, -0.2) is 0 Å². The Bertz CT molecular complexity index is 304. The van der Waals surface area contributed by atoms with E-state index < -0.39 is 0 Å². The summed E-state index contributed by atoms with van der Waals surface area (Å²) in [6.45, 7) is 0.507. The average molecular weight is 225 g/mol. The predicted octanol–water partition coefficient (Wildman–Crippen LogP) is 2.04. The molecule has 0 aliphatic carbocycles. The van der Waals surface area contributed by atoms with Crippen molar-refractivity contribution in [3.8, 4) is 0 Å². The van der Waals surface area contributed by atoms with E-state index in [0.29, 0.717) is 6.54 Å². The summed E-state index contributed by atoms with van der Waals surface area (Å²) in [5, 5.41) is 2.91. The van der Waals surface area contributed by atoms with Gasteiger partial charge in [-0.2, -0.15) is 11.8 Å². The molecule has 15 heavy (non-hydrogen) atoms. The molecule has 4 heteroatoms. The molecule has 3 nitrogen and oxygen atoms in total. The van der Waals surface area contributed by atoms with Crippen molar-refractivity contribution in [2.45, 2.75) is 19.4 Å². The summed E-state index contributed by atoms with van der Waals surface area (Å²) in [6, 6.07) is 3.70. The molecule has 1 aromatic rings. The van der Waals surface area contributed by atoms with E-state index in [4.69, 9.17) is 4.42 Å². The van der Waals surface area contributed by atoms with Crippen molar-refractivity contribution in [2.75, 3.05) is 11.5 Å². The van der Waals surface area contributed by atoms with Crippen LogP contribution in [0.5, 0.6) is 0 Å². The van der Waals surface area contributed by atoms with E-state index in [9.17, 15) is 4.79 Å². The van der Waals surface area contributed by atoms with E-state index in [0.717, 1.165) is 24.4 Å². The van der Waals surface area contributed by atoms with Crippen molar-refractivity contribution in [3.63, 3.8) is 0 Å². The minimum Gasteiger partial charge on any atom is -0.467 e. The monoisotopic (exact) mass is 225 g/mol. The Morgan fingerprint density at radius 1 is 1.67 bits per heavy atom. The molecule has 2 heterocycles. The van der Waals surface area contributed by atoms with Crippen LogP contribution in [-0.4, -0.2) is 17.4 Å². The Kier molecular flexibility index (Phi) is 3.72. The van der Waals surface area contributed by atoms with Gasteiger partial charge < -0.3 is 9.73 Å². The normalized spacial score (nSPS) is 21.2. The molecule has 0 saturated carbocycles. The quantitative estimate of drug-likeness (QED) is 0.856. The van der Waals surface area contributed by atoms with Gasteiger partial charge in [0.1, 0.15) is 5.76 Å². The van der Waals surface area contributed by atoms with E-state index >= 15 is 0 Å². The van der Waals surface area contributed by atoms with Crippen LogP contribution in [0.15, 0.2) is 22.8 Å². The lowest BCUT2D eigenvalue weighted by atomic mass is 10.0. The molecule has 82 valence electrons. The van der Waals surface area contributed by atoms with Gasteiger partial charge in [0, 0.05) is 11.7 Å². The zero-order valence-electron chi connectivity index (χ0n) is 8.57. The SMILES string of the molecule is O=C(NCc1ccco1)C1CCCSC1. The van der Waals surface area contributed by atoms with Crippen molar-refractivity contribution < 1.29 is 9.21 Å². The number of carbonyl (C=O) groups is 1. The van der Waals surface area contributed by atoms with Gasteiger partial charge in [-0.1, -0.05) is 0 Å². The summed E-state index contributed by atoms with van der Waals surface area (Å²) in [7, 11) is 0. The number of amides is 1. The maximum Gasteiger partial charge on any atom is 0.224 e. The Balaban J connectivity index is 1.76. The molecule has 0 aromatic carbocycles. The third-order valence-electron chi connectivity index (χ3n) is 2.55. The first-order valence-corrected chi connectivity index (χ1v) is 6.39. The molecule has 0 bridgehead atoms. The standard InChI is InChI=1S/C11H15NO2S/c13-11(9-3-2-6-15-8-9)12-7-10-4-1-5-14-10/h1,4-5,9H,2-3,6-8H2,(H,12,13). The largest absolute Gasteiger partial charge is 0.467 e. The molecule has 1 aliphatic heterocycles. The summed E-state index contributed by atoms with van der Waals surface area (Å²) in [6.07, 6.45) is 3.80. The molecule has 1 N–H and O–H groups in total. The zero-order valence-corrected chi connectivity index (χ0v) is 9.39. The summed E-state index contributed by atoms with van der Waals surface area (Å²) in [5.74, 6) is 3.33. The van der Waals surface area contributed by atoms with Crippen molar-refractivity contribution in [1.82, 2.24) is 5.32 Å². The number of rotatable bonds is 3. The highest BCUT2D eigenvalue weighted by Gasteiger charge is 2.21. The molecule has 1 fully saturated rings. The van der Waals surface area contributed by atoms with Crippen molar-refractivity contribution >= 4 is 17.7 Å². The highest BCUT2D eigenvalue weighted by molar-refractivity contribution is 7.99. The minimum absolute atomic E-state index is 0.165. The van der Waals surface area contributed by atoms with E-state index in [1.165, 1.54) is 5.75 Å². The number of furan rings is 1. The summed E-state index contributed by atoms with van der Waals surface area (Å²) >= 11 is 1.87. The van der Waals surface area contributed by atoms with Crippen LogP contribution in [-0.2, 0) is 11.3 Å². The Hall–Kier alpha value is -0.900. The second kappa shape index (κ2) is 5.26. The smallest absolute Gasteiger partial charge is 0.224 e. The molecule has 0 radical (unpaired) electrons. The predicted molar refractivity (Wildman–Crippen MR) is 60.6 cm³/mol. The first-order valence-electron chi connectivity index (χ1n) is 5.24. The van der Waals surface area contributed by atoms with Gasteiger partial charge in [-0.05, 0) is 30.7 Å². The maximum atomic E-state index is 11.7. The van der Waals surface area contributed by atoms with Crippen molar-refractivity contribution in [1.29, 1.82) is 0 Å². The van der Waals surface area contributed by atoms with Crippen LogP contribution < -0.4 is 5.32 Å². The van der Waals surface area contributed by atoms with Crippen LogP contribution in [0, 0.1) is 5.92 Å². The fraction of sp³-hybridized carbons (Fsp3) is 0.545. The van der Waals surface area contributed by atoms with Gasteiger partial charge in [-0.3, -0.25) is 4.79 Å². The second-order valence-corrected chi connectivity index (χ2v) is 4.86. The molecule has 1 aliphatic rings. The summed E-state index contributed by atoms with van der Waals surface area (Å²) in [4.78, 5) is 11.7. The van der Waals surface area contributed by atoms with Gasteiger partial charge in [0.15, 0.2) is 0 Å². The number of nitrogens with one attached hydrogen (secondary N) is 1. The van der Waals surface area contributed by atoms with Crippen LogP contribution >= 0.6 is 11.8 Å². The highest BCUT2D eigenvalue weighted by Crippen LogP contribution is 2.22. The van der Waals surface area contributed by atoms with Crippen molar-refractivity contribution in [2.24, 2.45) is 5.92 Å². The first-order chi connectivity index (χ1) is 7.36. The number of thioether (sulfide) groups is 1. The molecule has 1 aromatic heterocycles. The fourth-order valence-electron chi connectivity index (χ4n) is 1.68. The van der Waals surface area contributed by atoms with E-state index in [-0.39, 0.29) is 11.8 Å².